The lowest BCUT2D eigenvalue weighted by molar-refractivity contribution is -0.394. The van der Waals surface area contributed by atoms with Crippen LogP contribution in [0.2, 0.25) is 0 Å². The summed E-state index contributed by atoms with van der Waals surface area (Å²) in [5.74, 6) is -0.464. The second-order valence-corrected chi connectivity index (χ2v) is 6.90. The van der Waals surface area contributed by atoms with Gasteiger partial charge in [-0.05, 0) is 35.9 Å². The molecule has 0 atom stereocenters. The standard InChI is InChI=1S/C17H16F3NO3.C6H4N2O4/c18-17(19,20)24-15-8-6-13(7-9-15)12-23-11-10-21-16(22)14-4-2-1-3-5-14;9-7(10)5-2-1-3-6(4-5)8(11)12/h1-9H,10-12H2,(H,21,22);1-4H. The van der Waals surface area contributed by atoms with Crippen molar-refractivity contribution in [2.45, 2.75) is 13.0 Å². The van der Waals surface area contributed by atoms with Gasteiger partial charge in [-0.15, -0.1) is 13.2 Å². The lowest BCUT2D eigenvalue weighted by atomic mass is 10.2. The molecule has 0 heterocycles. The number of nitrogens with zero attached hydrogens (tertiary/aromatic N) is 2. The normalized spacial score (nSPS) is 10.5. The van der Waals surface area contributed by atoms with E-state index in [0.717, 1.165) is 6.07 Å². The molecular formula is C23H20F3N3O7. The number of ether oxygens (including phenoxy) is 2. The smallest absolute Gasteiger partial charge is 0.406 e. The van der Waals surface area contributed by atoms with Crippen LogP contribution >= 0.6 is 0 Å². The van der Waals surface area contributed by atoms with Crippen molar-refractivity contribution in [2.75, 3.05) is 13.2 Å². The molecule has 190 valence electrons. The molecule has 3 rings (SSSR count). The van der Waals surface area contributed by atoms with Gasteiger partial charge in [0.2, 0.25) is 0 Å². The number of benzene rings is 3. The fourth-order valence-corrected chi connectivity index (χ4v) is 2.63. The van der Waals surface area contributed by atoms with Crippen LogP contribution in [0.3, 0.4) is 0 Å². The summed E-state index contributed by atoms with van der Waals surface area (Å²) in [6.45, 7) is 0.857. The first-order valence-corrected chi connectivity index (χ1v) is 10.2. The van der Waals surface area contributed by atoms with Crippen molar-refractivity contribution in [3.63, 3.8) is 0 Å². The number of nitro benzene ring substituents is 2. The fourth-order valence-electron chi connectivity index (χ4n) is 2.63. The molecule has 3 aromatic rings. The van der Waals surface area contributed by atoms with Crippen LogP contribution < -0.4 is 10.1 Å². The third-order valence-corrected chi connectivity index (χ3v) is 4.24. The van der Waals surface area contributed by atoms with Gasteiger partial charge in [-0.25, -0.2) is 0 Å². The van der Waals surface area contributed by atoms with E-state index < -0.39 is 16.2 Å². The van der Waals surface area contributed by atoms with E-state index in [-0.39, 0.29) is 29.6 Å². The molecule has 0 saturated carbocycles. The van der Waals surface area contributed by atoms with E-state index in [1.165, 1.54) is 42.5 Å². The van der Waals surface area contributed by atoms with Crippen molar-refractivity contribution in [1.82, 2.24) is 5.32 Å². The highest BCUT2D eigenvalue weighted by Crippen LogP contribution is 2.23. The summed E-state index contributed by atoms with van der Waals surface area (Å²) in [7, 11) is 0. The predicted molar refractivity (Wildman–Crippen MR) is 121 cm³/mol. The molecule has 1 N–H and O–H groups in total. The molecule has 13 heteroatoms. The molecule has 0 aliphatic carbocycles. The quantitative estimate of drug-likeness (QED) is 0.244. The Bertz CT molecular complexity index is 1130. The molecule has 0 radical (unpaired) electrons. The zero-order valence-electron chi connectivity index (χ0n) is 18.5. The first-order chi connectivity index (χ1) is 17.0. The van der Waals surface area contributed by atoms with Gasteiger partial charge in [-0.3, -0.25) is 25.0 Å². The van der Waals surface area contributed by atoms with E-state index in [1.807, 2.05) is 6.07 Å². The van der Waals surface area contributed by atoms with Crippen molar-refractivity contribution in [1.29, 1.82) is 0 Å². The average molecular weight is 507 g/mol. The lowest BCUT2D eigenvalue weighted by Gasteiger charge is -2.10. The first-order valence-electron chi connectivity index (χ1n) is 10.2. The Kier molecular flexibility index (Phi) is 10.3. The Labute approximate surface area is 202 Å². The summed E-state index contributed by atoms with van der Waals surface area (Å²) in [5, 5.41) is 23.0. The van der Waals surface area contributed by atoms with Crippen molar-refractivity contribution < 1.29 is 37.3 Å². The van der Waals surface area contributed by atoms with Gasteiger partial charge in [0.1, 0.15) is 5.75 Å². The number of hydrogen-bond acceptors (Lipinski definition) is 7. The van der Waals surface area contributed by atoms with Gasteiger partial charge in [0, 0.05) is 24.2 Å². The minimum atomic E-state index is -4.70. The number of non-ortho nitro benzene ring substituents is 2. The number of carbonyl (C=O) groups excluding carboxylic acids is 1. The SMILES string of the molecule is O=C(NCCOCc1ccc(OC(F)(F)F)cc1)c1ccccc1.O=[N+]([O-])c1cccc([N+](=O)[O-])c1. The molecule has 0 spiro atoms. The number of halogens is 3. The highest BCUT2D eigenvalue weighted by molar-refractivity contribution is 5.94. The second-order valence-electron chi connectivity index (χ2n) is 6.90. The van der Waals surface area contributed by atoms with Crippen molar-refractivity contribution in [2.24, 2.45) is 0 Å². The Morgan fingerprint density at radius 1 is 0.861 bits per heavy atom. The van der Waals surface area contributed by atoms with Gasteiger partial charge in [0.05, 0.1) is 29.1 Å². The Morgan fingerprint density at radius 2 is 1.44 bits per heavy atom. The molecule has 0 aliphatic rings. The Balaban J connectivity index is 0.000000319. The average Bonchev–Trinajstić information content (AvgIpc) is 2.85. The Morgan fingerprint density at radius 3 is 1.97 bits per heavy atom. The monoisotopic (exact) mass is 507 g/mol. The maximum absolute atomic E-state index is 12.0. The minimum absolute atomic E-state index is 0.187. The minimum Gasteiger partial charge on any atom is -0.406 e. The number of nitrogens with one attached hydrogen (secondary N) is 1. The molecule has 10 nitrogen and oxygen atoms in total. The number of carbonyl (C=O) groups is 1. The van der Waals surface area contributed by atoms with Crippen molar-refractivity contribution in [3.8, 4) is 5.75 Å². The molecule has 36 heavy (non-hydrogen) atoms. The second kappa shape index (κ2) is 13.4. The van der Waals surface area contributed by atoms with Crippen LogP contribution in [0, 0.1) is 20.2 Å². The predicted octanol–water partition coefficient (Wildman–Crippen LogP) is 5.03. The molecule has 0 saturated heterocycles. The van der Waals surface area contributed by atoms with Gasteiger partial charge >= 0.3 is 6.36 Å². The van der Waals surface area contributed by atoms with E-state index >= 15 is 0 Å². The number of alkyl halides is 3. The molecule has 0 aliphatic heterocycles. The van der Waals surface area contributed by atoms with Crippen LogP contribution in [-0.4, -0.2) is 35.3 Å². The molecule has 0 unspecified atom stereocenters. The molecule has 0 bridgehead atoms. The van der Waals surface area contributed by atoms with Crippen LogP contribution in [0.1, 0.15) is 15.9 Å². The molecule has 1 amide bonds. The fraction of sp³-hybridized carbons (Fsp3) is 0.174. The highest BCUT2D eigenvalue weighted by Gasteiger charge is 2.30. The number of hydrogen-bond donors (Lipinski definition) is 1. The summed E-state index contributed by atoms with van der Waals surface area (Å²) >= 11 is 0. The number of rotatable bonds is 9. The Hall–Kier alpha value is -4.52. The molecule has 0 aromatic heterocycles. The van der Waals surface area contributed by atoms with Crippen molar-refractivity contribution >= 4 is 17.3 Å². The van der Waals surface area contributed by atoms with E-state index in [4.69, 9.17) is 4.74 Å². The van der Waals surface area contributed by atoms with Gasteiger partial charge in [0.25, 0.3) is 17.3 Å². The van der Waals surface area contributed by atoms with Crippen LogP contribution in [0.25, 0.3) is 0 Å². The van der Waals surface area contributed by atoms with E-state index in [9.17, 15) is 38.2 Å². The van der Waals surface area contributed by atoms with Crippen LogP contribution in [0.4, 0.5) is 24.5 Å². The number of amides is 1. The summed E-state index contributed by atoms with van der Waals surface area (Å²) in [6, 6.07) is 18.8. The summed E-state index contributed by atoms with van der Waals surface area (Å²) in [5.41, 5.74) is 0.727. The topological polar surface area (TPSA) is 134 Å². The summed E-state index contributed by atoms with van der Waals surface area (Å²) in [6.07, 6.45) is -4.70. The zero-order valence-corrected chi connectivity index (χ0v) is 18.5. The maximum Gasteiger partial charge on any atom is 0.573 e. The van der Waals surface area contributed by atoms with Crippen molar-refractivity contribution in [3.05, 3.63) is 110 Å². The van der Waals surface area contributed by atoms with Gasteiger partial charge in [-0.2, -0.15) is 0 Å². The van der Waals surface area contributed by atoms with Crippen LogP contribution in [-0.2, 0) is 11.3 Å². The summed E-state index contributed by atoms with van der Waals surface area (Å²) < 4.78 is 45.3. The third-order valence-electron chi connectivity index (χ3n) is 4.24. The largest absolute Gasteiger partial charge is 0.573 e. The van der Waals surface area contributed by atoms with Crippen LogP contribution in [0.15, 0.2) is 78.9 Å². The molecule has 0 fully saturated rings. The number of nitro groups is 2. The molecular weight excluding hydrogens is 487 g/mol. The summed E-state index contributed by atoms with van der Waals surface area (Å²) in [4.78, 5) is 30.7. The van der Waals surface area contributed by atoms with Gasteiger partial charge in [0.15, 0.2) is 0 Å². The third kappa shape index (κ3) is 10.2. The van der Waals surface area contributed by atoms with E-state index in [1.54, 1.807) is 24.3 Å². The zero-order chi connectivity index (χ0) is 26.6. The van der Waals surface area contributed by atoms with E-state index in [2.05, 4.69) is 10.1 Å². The van der Waals surface area contributed by atoms with Crippen LogP contribution in [0.5, 0.6) is 5.75 Å². The van der Waals surface area contributed by atoms with E-state index in [0.29, 0.717) is 24.3 Å². The van der Waals surface area contributed by atoms with Gasteiger partial charge in [-0.1, -0.05) is 30.3 Å². The lowest BCUT2D eigenvalue weighted by Crippen LogP contribution is -2.27. The highest BCUT2D eigenvalue weighted by atomic mass is 19.4. The molecule has 3 aromatic carbocycles. The maximum atomic E-state index is 12.0. The van der Waals surface area contributed by atoms with Gasteiger partial charge < -0.3 is 14.8 Å². The first kappa shape index (κ1) is 27.7.